The Labute approximate surface area is 233 Å². The summed E-state index contributed by atoms with van der Waals surface area (Å²) in [6, 6.07) is 36.4. The van der Waals surface area contributed by atoms with E-state index in [0.29, 0.717) is 0 Å². The topological polar surface area (TPSA) is 0 Å². The molecule has 0 saturated heterocycles. The van der Waals surface area contributed by atoms with E-state index in [1.165, 1.54) is 115 Å². The number of rotatable bonds is 10. The third-order valence-corrected chi connectivity index (χ3v) is 10.3. The Balaban J connectivity index is 1.01. The number of hydrogen-bond acceptors (Lipinski definition) is 2. The maximum Gasteiger partial charge on any atom is 0.0352 e. The van der Waals surface area contributed by atoms with Crippen molar-refractivity contribution in [2.24, 2.45) is 0 Å². The molecule has 2 heteroatoms. The molecular weight excluding hydrogens is 497 g/mol. The van der Waals surface area contributed by atoms with Gasteiger partial charge in [0.2, 0.25) is 0 Å². The largest absolute Gasteiger partial charge is 0.140 e. The first-order valence-corrected chi connectivity index (χ1v) is 15.6. The van der Waals surface area contributed by atoms with Crippen LogP contribution in [-0.2, 0) is 25.7 Å². The molecule has 0 unspecified atom stereocenters. The fourth-order valence-electron chi connectivity index (χ4n) is 5.91. The standard InChI is InChI=1S/C36H32S2/c1-3-11-25(12-4-1)15-7-9-17-29-19-27-21-31-33(23-35(27)37-29)32-22-28-20-30(38-36(28)24-34(31)32)18-10-8-16-26-13-5-2-6-14-26/h1-6,11-14,19-24H,7-10,15-18H2. The van der Waals surface area contributed by atoms with Crippen LogP contribution in [0.4, 0.5) is 0 Å². The van der Waals surface area contributed by atoms with Crippen LogP contribution in [0.15, 0.2) is 97.1 Å². The molecule has 38 heavy (non-hydrogen) atoms. The number of benzene rings is 4. The zero-order chi connectivity index (χ0) is 25.3. The molecule has 1 aliphatic rings. The summed E-state index contributed by atoms with van der Waals surface area (Å²) in [5, 5.41) is 2.84. The van der Waals surface area contributed by atoms with Gasteiger partial charge in [0.25, 0.3) is 0 Å². The van der Waals surface area contributed by atoms with Crippen molar-refractivity contribution >= 4 is 42.8 Å². The molecule has 0 N–H and O–H groups in total. The lowest BCUT2D eigenvalue weighted by molar-refractivity contribution is 0.740. The van der Waals surface area contributed by atoms with E-state index >= 15 is 0 Å². The van der Waals surface area contributed by atoms with Crippen molar-refractivity contribution in [3.63, 3.8) is 0 Å². The Kier molecular flexibility index (Phi) is 6.61. The van der Waals surface area contributed by atoms with E-state index < -0.39 is 0 Å². The summed E-state index contributed by atoms with van der Waals surface area (Å²) < 4.78 is 2.88. The van der Waals surface area contributed by atoms with Gasteiger partial charge in [0.1, 0.15) is 0 Å². The molecular formula is C36H32S2. The number of thiophene rings is 2. The van der Waals surface area contributed by atoms with E-state index in [2.05, 4.69) is 97.1 Å². The van der Waals surface area contributed by atoms with Crippen molar-refractivity contribution in [1.29, 1.82) is 0 Å². The van der Waals surface area contributed by atoms with Crippen LogP contribution in [0, 0.1) is 0 Å². The van der Waals surface area contributed by atoms with Crippen molar-refractivity contribution < 1.29 is 0 Å². The highest BCUT2D eigenvalue weighted by atomic mass is 32.1. The minimum absolute atomic E-state index is 1.18. The number of hydrogen-bond donors (Lipinski definition) is 0. The smallest absolute Gasteiger partial charge is 0.0352 e. The van der Waals surface area contributed by atoms with Gasteiger partial charge in [-0.15, -0.1) is 22.7 Å². The maximum absolute atomic E-state index is 2.45. The SMILES string of the molecule is c1ccc(CCCCc2cc3cc4c(cc3s2)-c2cc3cc(CCCCc5ccccc5)sc3cc2-4)cc1. The fourth-order valence-corrected chi connectivity index (χ4v) is 8.16. The molecule has 0 saturated carbocycles. The Bertz CT molecular complexity index is 1480. The van der Waals surface area contributed by atoms with Crippen LogP contribution in [-0.4, -0.2) is 0 Å². The quantitative estimate of drug-likeness (QED) is 0.155. The number of unbranched alkanes of at least 4 members (excludes halogenated alkanes) is 2. The molecule has 188 valence electrons. The molecule has 2 aromatic heterocycles. The Morgan fingerprint density at radius 1 is 0.395 bits per heavy atom. The summed E-state index contributed by atoms with van der Waals surface area (Å²) in [6.07, 6.45) is 9.77. The van der Waals surface area contributed by atoms with E-state index in [-0.39, 0.29) is 0 Å². The molecule has 0 nitrogen and oxygen atoms in total. The van der Waals surface area contributed by atoms with Crippen molar-refractivity contribution in [2.45, 2.75) is 51.4 Å². The van der Waals surface area contributed by atoms with Crippen LogP contribution in [0.2, 0.25) is 0 Å². The second-order valence-corrected chi connectivity index (χ2v) is 13.0. The second-order valence-electron chi connectivity index (χ2n) is 10.7. The molecule has 0 aliphatic heterocycles. The molecule has 1 aliphatic carbocycles. The average Bonchev–Trinajstić information content (AvgIpc) is 3.55. The lowest BCUT2D eigenvalue weighted by Gasteiger charge is -2.24. The van der Waals surface area contributed by atoms with E-state index in [1.54, 1.807) is 0 Å². The minimum atomic E-state index is 1.18. The van der Waals surface area contributed by atoms with Gasteiger partial charge in [0.15, 0.2) is 0 Å². The molecule has 0 bridgehead atoms. The van der Waals surface area contributed by atoms with E-state index in [0.717, 1.165) is 0 Å². The summed E-state index contributed by atoms with van der Waals surface area (Å²) in [6.45, 7) is 0. The lowest BCUT2D eigenvalue weighted by atomic mass is 9.79. The van der Waals surface area contributed by atoms with Crippen LogP contribution in [0.25, 0.3) is 42.4 Å². The summed E-state index contributed by atoms with van der Waals surface area (Å²) in [5.74, 6) is 0. The molecule has 0 radical (unpaired) electrons. The summed E-state index contributed by atoms with van der Waals surface area (Å²) in [4.78, 5) is 3.06. The summed E-state index contributed by atoms with van der Waals surface area (Å²) >= 11 is 3.99. The van der Waals surface area contributed by atoms with Crippen molar-refractivity contribution in [3.05, 3.63) is 118 Å². The highest BCUT2D eigenvalue weighted by molar-refractivity contribution is 7.19. The molecule has 7 rings (SSSR count). The monoisotopic (exact) mass is 528 g/mol. The van der Waals surface area contributed by atoms with Crippen molar-refractivity contribution in [1.82, 2.24) is 0 Å². The fraction of sp³-hybridized carbons (Fsp3) is 0.222. The third-order valence-electron chi connectivity index (χ3n) is 7.96. The van der Waals surface area contributed by atoms with Gasteiger partial charge in [-0.05, 0) is 132 Å². The first-order valence-electron chi connectivity index (χ1n) is 14.0. The molecule has 0 spiro atoms. The molecule has 6 aromatic rings. The van der Waals surface area contributed by atoms with Crippen LogP contribution < -0.4 is 0 Å². The van der Waals surface area contributed by atoms with E-state index in [4.69, 9.17) is 0 Å². The predicted octanol–water partition coefficient (Wildman–Crippen LogP) is 10.9. The van der Waals surface area contributed by atoms with Crippen LogP contribution >= 0.6 is 22.7 Å². The molecule has 0 atom stereocenters. The van der Waals surface area contributed by atoms with Gasteiger partial charge in [-0.25, -0.2) is 0 Å². The van der Waals surface area contributed by atoms with Gasteiger partial charge in [-0.2, -0.15) is 0 Å². The van der Waals surface area contributed by atoms with Crippen LogP contribution in [0.5, 0.6) is 0 Å². The van der Waals surface area contributed by atoms with Gasteiger partial charge >= 0.3 is 0 Å². The van der Waals surface area contributed by atoms with Gasteiger partial charge in [-0.3, -0.25) is 0 Å². The molecule has 0 fully saturated rings. The summed E-state index contributed by atoms with van der Waals surface area (Å²) in [7, 11) is 0. The van der Waals surface area contributed by atoms with Gasteiger partial charge in [-0.1, -0.05) is 60.7 Å². The lowest BCUT2D eigenvalue weighted by Crippen LogP contribution is -1.97. The van der Waals surface area contributed by atoms with Gasteiger partial charge in [0, 0.05) is 19.2 Å². The first kappa shape index (κ1) is 23.9. The van der Waals surface area contributed by atoms with Crippen LogP contribution in [0.1, 0.15) is 46.6 Å². The maximum atomic E-state index is 2.45. The first-order chi connectivity index (χ1) is 18.8. The Hall–Kier alpha value is -3.20. The van der Waals surface area contributed by atoms with Crippen LogP contribution in [0.3, 0.4) is 0 Å². The summed E-state index contributed by atoms with van der Waals surface area (Å²) in [5.41, 5.74) is 8.69. The Morgan fingerprint density at radius 3 is 1.24 bits per heavy atom. The Morgan fingerprint density at radius 2 is 0.789 bits per heavy atom. The highest BCUT2D eigenvalue weighted by Crippen LogP contribution is 2.52. The number of aryl methyl sites for hydroxylation is 4. The highest BCUT2D eigenvalue weighted by Gasteiger charge is 2.24. The van der Waals surface area contributed by atoms with E-state index in [1.807, 2.05) is 22.7 Å². The zero-order valence-electron chi connectivity index (χ0n) is 21.7. The van der Waals surface area contributed by atoms with Crippen molar-refractivity contribution in [3.8, 4) is 22.3 Å². The van der Waals surface area contributed by atoms with E-state index in [9.17, 15) is 0 Å². The van der Waals surface area contributed by atoms with Gasteiger partial charge in [0.05, 0.1) is 0 Å². The predicted molar refractivity (Wildman–Crippen MR) is 168 cm³/mol. The van der Waals surface area contributed by atoms with Crippen molar-refractivity contribution in [2.75, 3.05) is 0 Å². The molecule has 2 heterocycles. The average molecular weight is 529 g/mol. The number of fused-ring (bicyclic) bond motifs is 6. The zero-order valence-corrected chi connectivity index (χ0v) is 23.3. The molecule has 4 aromatic carbocycles. The minimum Gasteiger partial charge on any atom is -0.140 e. The second kappa shape index (κ2) is 10.5. The van der Waals surface area contributed by atoms with Gasteiger partial charge < -0.3 is 0 Å². The normalized spacial score (nSPS) is 12.0. The third kappa shape index (κ3) is 4.84. The molecule has 0 amide bonds.